The lowest BCUT2D eigenvalue weighted by atomic mass is 10.1. The number of fused-ring (bicyclic) bond motifs is 5. The SMILES string of the molecule is NC(N)=NCCCC1C(=O)Nc2ccc(NC3CC3)cc2-c2nc3cc(N4CCCC4)ccc3n21. The molecule has 3 aliphatic rings. The molecule has 0 bridgehead atoms. The molecule has 0 spiro atoms. The van der Waals surface area contributed by atoms with Gasteiger partial charge in [0.05, 0.1) is 16.7 Å². The summed E-state index contributed by atoms with van der Waals surface area (Å²) in [5.41, 5.74) is 16.9. The topological polar surface area (TPSA) is 127 Å². The van der Waals surface area contributed by atoms with E-state index in [4.69, 9.17) is 16.5 Å². The zero-order valence-electron chi connectivity index (χ0n) is 19.8. The van der Waals surface area contributed by atoms with Gasteiger partial charge in [0.2, 0.25) is 5.91 Å². The molecule has 1 atom stereocenters. The Morgan fingerprint density at radius 2 is 1.97 bits per heavy atom. The summed E-state index contributed by atoms with van der Waals surface area (Å²) in [5, 5.41) is 6.73. The fourth-order valence-corrected chi connectivity index (χ4v) is 5.24. The first-order chi connectivity index (χ1) is 17.1. The molecule has 1 aromatic heterocycles. The minimum absolute atomic E-state index is 0.0412. The highest BCUT2D eigenvalue weighted by atomic mass is 16.2. The number of carbonyl (C=O) groups excluding carboxylic acids is 1. The monoisotopic (exact) mass is 472 g/mol. The average Bonchev–Trinajstić information content (AvgIpc) is 3.37. The van der Waals surface area contributed by atoms with Crippen LogP contribution in [0.2, 0.25) is 0 Å². The Bertz CT molecular complexity index is 1300. The van der Waals surface area contributed by atoms with Crippen LogP contribution in [-0.2, 0) is 4.79 Å². The van der Waals surface area contributed by atoms with Crippen LogP contribution in [0.3, 0.4) is 0 Å². The van der Waals surface area contributed by atoms with Crippen molar-refractivity contribution in [1.82, 2.24) is 9.55 Å². The highest BCUT2D eigenvalue weighted by Crippen LogP contribution is 2.40. The smallest absolute Gasteiger partial charge is 0.247 e. The number of hydrogen-bond acceptors (Lipinski definition) is 5. The number of benzene rings is 2. The van der Waals surface area contributed by atoms with Crippen LogP contribution in [0.1, 0.15) is 44.6 Å². The van der Waals surface area contributed by atoms with Crippen LogP contribution in [0, 0.1) is 0 Å². The van der Waals surface area contributed by atoms with Gasteiger partial charge in [-0.15, -0.1) is 0 Å². The molecule has 1 amide bonds. The second-order valence-corrected chi connectivity index (χ2v) is 9.81. The van der Waals surface area contributed by atoms with Gasteiger partial charge in [-0.2, -0.15) is 0 Å². The zero-order valence-corrected chi connectivity index (χ0v) is 19.8. The van der Waals surface area contributed by atoms with E-state index in [9.17, 15) is 4.79 Å². The number of rotatable bonds is 7. The maximum atomic E-state index is 13.5. The first kappa shape index (κ1) is 21.8. The molecule has 1 saturated heterocycles. The number of amides is 1. The van der Waals surface area contributed by atoms with E-state index < -0.39 is 6.04 Å². The molecule has 2 aromatic carbocycles. The third-order valence-corrected chi connectivity index (χ3v) is 7.16. The molecule has 9 heteroatoms. The van der Waals surface area contributed by atoms with E-state index >= 15 is 0 Å². The summed E-state index contributed by atoms with van der Waals surface area (Å²) in [6, 6.07) is 12.7. The van der Waals surface area contributed by atoms with E-state index in [1.165, 1.54) is 31.4 Å². The quantitative estimate of drug-likeness (QED) is 0.237. The molecule has 1 unspecified atom stereocenters. The second-order valence-electron chi connectivity index (χ2n) is 9.81. The second kappa shape index (κ2) is 8.79. The first-order valence-corrected chi connectivity index (χ1v) is 12.6. The number of guanidine groups is 1. The Morgan fingerprint density at radius 1 is 1.14 bits per heavy atom. The Balaban J connectivity index is 1.45. The molecule has 6 N–H and O–H groups in total. The molecule has 9 nitrogen and oxygen atoms in total. The van der Waals surface area contributed by atoms with Gasteiger partial charge in [-0.05, 0) is 74.9 Å². The number of aromatic nitrogens is 2. The summed E-state index contributed by atoms with van der Waals surface area (Å²) in [6.45, 7) is 2.64. The summed E-state index contributed by atoms with van der Waals surface area (Å²) in [7, 11) is 0. The van der Waals surface area contributed by atoms with Crippen LogP contribution < -0.4 is 27.0 Å². The van der Waals surface area contributed by atoms with Gasteiger partial charge in [0.25, 0.3) is 0 Å². The summed E-state index contributed by atoms with van der Waals surface area (Å²) in [4.78, 5) is 25.1. The molecule has 182 valence electrons. The Labute approximate surface area is 204 Å². The Hall–Kier alpha value is -3.75. The van der Waals surface area contributed by atoms with E-state index in [0.717, 1.165) is 46.9 Å². The van der Waals surface area contributed by atoms with Crippen LogP contribution in [-0.4, -0.2) is 47.1 Å². The largest absolute Gasteiger partial charge is 0.382 e. The van der Waals surface area contributed by atoms with Crippen molar-refractivity contribution < 1.29 is 4.79 Å². The van der Waals surface area contributed by atoms with E-state index in [-0.39, 0.29) is 11.9 Å². The van der Waals surface area contributed by atoms with Gasteiger partial charge >= 0.3 is 0 Å². The van der Waals surface area contributed by atoms with Crippen LogP contribution >= 0.6 is 0 Å². The summed E-state index contributed by atoms with van der Waals surface area (Å²) < 4.78 is 2.11. The van der Waals surface area contributed by atoms with Gasteiger partial charge in [-0.1, -0.05) is 0 Å². The van der Waals surface area contributed by atoms with Gasteiger partial charge in [0.15, 0.2) is 5.96 Å². The third-order valence-electron chi connectivity index (χ3n) is 7.16. The highest BCUT2D eigenvalue weighted by Gasteiger charge is 2.31. The predicted molar refractivity (Wildman–Crippen MR) is 141 cm³/mol. The number of aliphatic imine (C=N–C) groups is 1. The van der Waals surface area contributed by atoms with Crippen molar-refractivity contribution in [2.75, 3.05) is 35.2 Å². The minimum atomic E-state index is -0.408. The molecular weight excluding hydrogens is 440 g/mol. The number of nitrogens with zero attached hydrogens (tertiary/aromatic N) is 4. The van der Waals surface area contributed by atoms with Crippen molar-refractivity contribution in [2.45, 2.75) is 50.6 Å². The van der Waals surface area contributed by atoms with Crippen molar-refractivity contribution in [3.05, 3.63) is 36.4 Å². The Kier molecular flexibility index (Phi) is 5.47. The Morgan fingerprint density at radius 3 is 2.74 bits per heavy atom. The number of imidazole rings is 1. The van der Waals surface area contributed by atoms with Crippen LogP contribution in [0.4, 0.5) is 17.1 Å². The lowest BCUT2D eigenvalue weighted by Crippen LogP contribution is -2.25. The van der Waals surface area contributed by atoms with Crippen LogP contribution in [0.15, 0.2) is 41.4 Å². The summed E-state index contributed by atoms with van der Waals surface area (Å²) in [5.74, 6) is 0.848. The highest BCUT2D eigenvalue weighted by molar-refractivity contribution is 6.02. The lowest BCUT2D eigenvalue weighted by Gasteiger charge is -2.19. The molecule has 6 rings (SSSR count). The average molecular weight is 473 g/mol. The van der Waals surface area contributed by atoms with Gasteiger partial charge in [-0.3, -0.25) is 9.79 Å². The van der Waals surface area contributed by atoms with Crippen LogP contribution in [0.25, 0.3) is 22.4 Å². The van der Waals surface area contributed by atoms with Gasteiger partial charge in [-0.25, -0.2) is 4.98 Å². The molecule has 2 fully saturated rings. The molecule has 35 heavy (non-hydrogen) atoms. The number of nitrogens with two attached hydrogens (primary N) is 2. The van der Waals surface area contributed by atoms with Crippen molar-refractivity contribution in [1.29, 1.82) is 0 Å². The number of anilines is 3. The maximum Gasteiger partial charge on any atom is 0.247 e. The molecular formula is C26H32N8O. The van der Waals surface area contributed by atoms with E-state index in [1.54, 1.807) is 0 Å². The number of hydrogen-bond donors (Lipinski definition) is 4. The maximum absolute atomic E-state index is 13.5. The number of carbonyl (C=O) groups is 1. The van der Waals surface area contributed by atoms with Crippen LogP contribution in [0.5, 0.6) is 0 Å². The zero-order chi connectivity index (χ0) is 23.9. The van der Waals surface area contributed by atoms with Crippen molar-refractivity contribution in [3.8, 4) is 11.4 Å². The van der Waals surface area contributed by atoms with E-state index in [2.05, 4.69) is 49.4 Å². The third kappa shape index (κ3) is 4.26. The predicted octanol–water partition coefficient (Wildman–Crippen LogP) is 3.42. The number of nitrogens with one attached hydrogen (secondary N) is 2. The van der Waals surface area contributed by atoms with Gasteiger partial charge in [0, 0.05) is 42.6 Å². The van der Waals surface area contributed by atoms with Crippen molar-refractivity contribution in [2.24, 2.45) is 16.5 Å². The lowest BCUT2D eigenvalue weighted by molar-refractivity contribution is -0.119. The standard InChI is InChI=1S/C26H32N8O/c27-26(28)29-11-3-4-23-25(35)32-20-9-7-17(30-16-5-6-16)14-19(20)24-31-21-15-18(33-12-1-2-13-33)8-10-22(21)34(23)24/h7-10,14-16,23,30H,1-6,11-13H2,(H,32,35)(H4,27,28,29). The van der Waals surface area contributed by atoms with E-state index in [1.807, 2.05) is 12.1 Å². The normalized spacial score (nSPS) is 19.1. The van der Waals surface area contributed by atoms with Gasteiger partial charge < -0.3 is 31.6 Å². The van der Waals surface area contributed by atoms with Crippen molar-refractivity contribution in [3.63, 3.8) is 0 Å². The molecule has 2 aliphatic heterocycles. The molecule has 1 saturated carbocycles. The fourth-order valence-electron chi connectivity index (χ4n) is 5.24. The molecule has 3 heterocycles. The molecule has 1 aliphatic carbocycles. The summed E-state index contributed by atoms with van der Waals surface area (Å²) >= 11 is 0. The fraction of sp³-hybridized carbons (Fsp3) is 0.423. The van der Waals surface area contributed by atoms with E-state index in [0.29, 0.717) is 25.4 Å². The summed E-state index contributed by atoms with van der Waals surface area (Å²) in [6.07, 6.45) is 6.13. The van der Waals surface area contributed by atoms with Crippen molar-refractivity contribution >= 4 is 40.0 Å². The minimum Gasteiger partial charge on any atom is -0.382 e. The molecule has 0 radical (unpaired) electrons. The molecule has 3 aromatic rings. The first-order valence-electron chi connectivity index (χ1n) is 12.6. The van der Waals surface area contributed by atoms with Gasteiger partial charge in [0.1, 0.15) is 11.9 Å².